The molecular weight excluding hydrogens is 1090 g/mol. The van der Waals surface area contributed by atoms with Gasteiger partial charge in [-0.1, -0.05) is 260 Å². The lowest BCUT2D eigenvalue weighted by Gasteiger charge is -2.21. The van der Waals surface area contributed by atoms with Gasteiger partial charge in [-0.15, -0.1) is 0 Å². The Bertz CT molecular complexity index is 1620. The smallest absolute Gasteiger partial charge is 0.462 e. The molecule has 0 aromatic heterocycles. The second-order valence-electron chi connectivity index (χ2n) is 23.5. The van der Waals surface area contributed by atoms with Crippen LogP contribution >= 0.6 is 15.6 Å². The third-order valence-corrected chi connectivity index (χ3v) is 16.7. The normalized spacial score (nSPS) is 14.7. The number of aliphatic hydroxyl groups is 1. The summed E-state index contributed by atoms with van der Waals surface area (Å²) in [6, 6.07) is 0. The molecule has 0 heterocycles. The molecule has 0 aliphatic heterocycles. The third-order valence-electron chi connectivity index (χ3n) is 14.8. The molecule has 0 spiro atoms. The van der Waals surface area contributed by atoms with Crippen LogP contribution in [0.15, 0.2) is 0 Å². The summed E-state index contributed by atoms with van der Waals surface area (Å²) in [5, 5.41) is 10.5. The minimum absolute atomic E-state index is 0.105. The molecule has 0 radical (unpaired) electrons. The van der Waals surface area contributed by atoms with Crippen LogP contribution in [0.3, 0.4) is 0 Å². The number of phosphoric ester groups is 2. The van der Waals surface area contributed by atoms with E-state index in [1.807, 2.05) is 0 Å². The number of hydrogen-bond donors (Lipinski definition) is 3. The van der Waals surface area contributed by atoms with Crippen molar-refractivity contribution in [2.45, 2.75) is 330 Å². The highest BCUT2D eigenvalue weighted by molar-refractivity contribution is 7.47. The van der Waals surface area contributed by atoms with Gasteiger partial charge in [0.2, 0.25) is 0 Å². The second kappa shape index (κ2) is 55.6. The van der Waals surface area contributed by atoms with Crippen LogP contribution in [-0.2, 0) is 65.4 Å². The summed E-state index contributed by atoms with van der Waals surface area (Å²) < 4.78 is 67.9. The van der Waals surface area contributed by atoms with Gasteiger partial charge in [-0.3, -0.25) is 37.3 Å². The van der Waals surface area contributed by atoms with E-state index in [9.17, 15) is 43.2 Å². The Morgan fingerprint density at radius 3 is 0.927 bits per heavy atom. The molecule has 82 heavy (non-hydrogen) atoms. The zero-order chi connectivity index (χ0) is 60.8. The fraction of sp³-hybridized carbons (Fsp3) is 0.937. The highest BCUT2D eigenvalue weighted by atomic mass is 31.2. The van der Waals surface area contributed by atoms with E-state index in [-0.39, 0.29) is 25.7 Å². The predicted octanol–water partition coefficient (Wildman–Crippen LogP) is 17.3. The van der Waals surface area contributed by atoms with Crippen molar-refractivity contribution in [1.29, 1.82) is 0 Å². The summed E-state index contributed by atoms with van der Waals surface area (Å²) in [6.45, 7) is 9.44. The molecule has 0 aliphatic carbocycles. The summed E-state index contributed by atoms with van der Waals surface area (Å²) in [7, 11) is -9.88. The van der Waals surface area contributed by atoms with E-state index in [2.05, 4.69) is 41.5 Å². The summed E-state index contributed by atoms with van der Waals surface area (Å²) in [6.07, 6.45) is 37.5. The fourth-order valence-electron chi connectivity index (χ4n) is 9.32. The Morgan fingerprint density at radius 1 is 0.354 bits per heavy atom. The van der Waals surface area contributed by atoms with Crippen LogP contribution in [0.1, 0.15) is 311 Å². The Hall–Kier alpha value is -1.94. The van der Waals surface area contributed by atoms with Crippen LogP contribution in [0.25, 0.3) is 0 Å². The lowest BCUT2D eigenvalue weighted by atomic mass is 9.99. The highest BCUT2D eigenvalue weighted by Crippen LogP contribution is 2.45. The van der Waals surface area contributed by atoms with Gasteiger partial charge in [0, 0.05) is 25.7 Å². The molecule has 3 unspecified atom stereocenters. The van der Waals surface area contributed by atoms with Crippen molar-refractivity contribution >= 4 is 39.5 Å². The molecule has 6 atom stereocenters. The molecule has 17 nitrogen and oxygen atoms in total. The number of unbranched alkanes of at least 4 members (excludes halogenated alkanes) is 31. The maximum atomic E-state index is 13.0. The standard InChI is InChI=1S/C63H122O17P2/c1-7-10-12-14-16-20-29-35-41-47-62(67)79-58(51-73-60(65)45-39-33-27-17-15-13-11-8-2)53-77-81(69,70)75-49-57(64)50-76-82(71,72)78-54-59(52-74-61(66)46-40-34-28-24-23-26-32-38-44-56(6)9-3)80-63(68)48-42-36-30-22-19-18-21-25-31-37-43-55(4)5/h55-59,64H,7-54H2,1-6H3,(H,69,70)(H,71,72)/t56?,57-,58+,59+/m0/s1. The van der Waals surface area contributed by atoms with E-state index < -0.39 is 97.5 Å². The maximum Gasteiger partial charge on any atom is 0.472 e. The fourth-order valence-corrected chi connectivity index (χ4v) is 10.9. The first-order valence-electron chi connectivity index (χ1n) is 33.0. The lowest BCUT2D eigenvalue weighted by Crippen LogP contribution is -2.30. The van der Waals surface area contributed by atoms with Gasteiger partial charge < -0.3 is 33.8 Å². The monoisotopic (exact) mass is 1210 g/mol. The summed E-state index contributed by atoms with van der Waals surface area (Å²) >= 11 is 0. The maximum absolute atomic E-state index is 13.0. The average Bonchev–Trinajstić information content (AvgIpc) is 3.46. The minimum Gasteiger partial charge on any atom is -0.462 e. The first-order valence-corrected chi connectivity index (χ1v) is 36.0. The molecule has 0 saturated carbocycles. The first kappa shape index (κ1) is 80.1. The Labute approximate surface area is 498 Å². The molecule has 19 heteroatoms. The number of phosphoric acid groups is 2. The Balaban J connectivity index is 5.23. The van der Waals surface area contributed by atoms with E-state index >= 15 is 0 Å². The Kier molecular flexibility index (Phi) is 54.3. The van der Waals surface area contributed by atoms with E-state index in [4.69, 9.17) is 37.0 Å². The largest absolute Gasteiger partial charge is 0.472 e. The van der Waals surface area contributed by atoms with Gasteiger partial charge in [-0.25, -0.2) is 9.13 Å². The van der Waals surface area contributed by atoms with Gasteiger partial charge in [-0.2, -0.15) is 0 Å². The molecule has 3 N–H and O–H groups in total. The lowest BCUT2D eigenvalue weighted by molar-refractivity contribution is -0.161. The minimum atomic E-state index is -4.94. The van der Waals surface area contributed by atoms with Crippen LogP contribution in [-0.4, -0.2) is 96.7 Å². The van der Waals surface area contributed by atoms with E-state index in [0.29, 0.717) is 25.7 Å². The predicted molar refractivity (Wildman–Crippen MR) is 326 cm³/mol. The SMILES string of the molecule is CCCCCCCCCCCC(=O)O[C@H](COC(=O)CCCCCCCCCC)COP(=O)(O)OC[C@H](O)COP(=O)(O)OC[C@@H](COC(=O)CCCCCCCCCCC(C)CC)OC(=O)CCCCCCCCCCCCC(C)C. The van der Waals surface area contributed by atoms with Crippen molar-refractivity contribution < 1.29 is 80.2 Å². The van der Waals surface area contributed by atoms with Crippen LogP contribution in [0, 0.1) is 11.8 Å². The van der Waals surface area contributed by atoms with Crippen LogP contribution in [0.5, 0.6) is 0 Å². The molecule has 0 fully saturated rings. The number of ether oxygens (including phenoxy) is 4. The van der Waals surface area contributed by atoms with E-state index in [1.165, 1.54) is 122 Å². The van der Waals surface area contributed by atoms with Crippen LogP contribution in [0.2, 0.25) is 0 Å². The van der Waals surface area contributed by atoms with Crippen molar-refractivity contribution in [2.24, 2.45) is 11.8 Å². The molecule has 0 saturated heterocycles. The van der Waals surface area contributed by atoms with Gasteiger partial charge in [0.1, 0.15) is 19.3 Å². The number of carbonyl (C=O) groups is 4. The van der Waals surface area contributed by atoms with Gasteiger partial charge in [-0.05, 0) is 37.5 Å². The molecule has 0 aromatic rings. The molecule has 0 bridgehead atoms. The van der Waals surface area contributed by atoms with Gasteiger partial charge in [0.15, 0.2) is 12.2 Å². The number of rotatable bonds is 62. The number of esters is 4. The van der Waals surface area contributed by atoms with E-state index in [1.54, 1.807) is 0 Å². The molecule has 0 aliphatic rings. The molecule has 0 aromatic carbocycles. The van der Waals surface area contributed by atoms with Crippen molar-refractivity contribution in [3.8, 4) is 0 Å². The average molecular weight is 1210 g/mol. The summed E-state index contributed by atoms with van der Waals surface area (Å²) in [5.74, 6) is -0.609. The highest BCUT2D eigenvalue weighted by Gasteiger charge is 2.30. The van der Waals surface area contributed by atoms with Gasteiger partial charge >= 0.3 is 39.5 Å². The van der Waals surface area contributed by atoms with Crippen LogP contribution in [0.4, 0.5) is 0 Å². The number of carbonyl (C=O) groups excluding carboxylic acids is 4. The van der Waals surface area contributed by atoms with Gasteiger partial charge in [0.25, 0.3) is 0 Å². The van der Waals surface area contributed by atoms with Gasteiger partial charge in [0.05, 0.1) is 26.4 Å². The summed E-state index contributed by atoms with van der Waals surface area (Å²) in [4.78, 5) is 72.1. The van der Waals surface area contributed by atoms with Crippen molar-refractivity contribution in [3.63, 3.8) is 0 Å². The number of hydrogen-bond acceptors (Lipinski definition) is 15. The quantitative estimate of drug-likeness (QED) is 0.0222. The topological polar surface area (TPSA) is 237 Å². The first-order chi connectivity index (χ1) is 39.4. The zero-order valence-electron chi connectivity index (χ0n) is 52.8. The third kappa shape index (κ3) is 55.9. The second-order valence-corrected chi connectivity index (χ2v) is 26.4. The molecular formula is C63H122O17P2. The van der Waals surface area contributed by atoms with E-state index in [0.717, 1.165) is 108 Å². The Morgan fingerprint density at radius 2 is 0.622 bits per heavy atom. The summed E-state index contributed by atoms with van der Waals surface area (Å²) in [5.41, 5.74) is 0. The van der Waals surface area contributed by atoms with Crippen molar-refractivity contribution in [2.75, 3.05) is 39.6 Å². The van der Waals surface area contributed by atoms with Crippen molar-refractivity contribution in [1.82, 2.24) is 0 Å². The van der Waals surface area contributed by atoms with Crippen molar-refractivity contribution in [3.05, 3.63) is 0 Å². The molecule has 0 amide bonds. The molecule has 486 valence electrons. The number of aliphatic hydroxyl groups excluding tert-OH is 1. The molecule has 0 rings (SSSR count). The van der Waals surface area contributed by atoms with Crippen LogP contribution < -0.4 is 0 Å². The zero-order valence-corrected chi connectivity index (χ0v) is 54.6.